The molecular weight excluding hydrogens is 170 g/mol. The average molecular weight is 183 g/mol. The van der Waals surface area contributed by atoms with Crippen LogP contribution in [0.5, 0.6) is 5.75 Å². The minimum absolute atomic E-state index is 0.155. The Morgan fingerprint density at radius 1 is 1.31 bits per heavy atom. The van der Waals surface area contributed by atoms with Crippen LogP contribution in [-0.2, 0) is 13.2 Å². The number of nitrogens with two attached hydrogens (primary N) is 1. The van der Waals surface area contributed by atoms with Crippen molar-refractivity contribution in [1.82, 2.24) is 0 Å². The summed E-state index contributed by atoms with van der Waals surface area (Å²) in [5, 5.41) is 18.0. The van der Waals surface area contributed by atoms with E-state index >= 15 is 0 Å². The zero-order valence-corrected chi connectivity index (χ0v) is 7.45. The standard InChI is InChI=1S/C9H13NO3/c1-13-9-3-7(10)2-6(4-11)8(9)5-12/h2-3,11-12H,4-5,10H2,1H3. The highest BCUT2D eigenvalue weighted by Crippen LogP contribution is 2.25. The summed E-state index contributed by atoms with van der Waals surface area (Å²) in [7, 11) is 1.50. The molecule has 0 aliphatic rings. The second kappa shape index (κ2) is 4.11. The van der Waals surface area contributed by atoms with Crippen LogP contribution in [0, 0.1) is 0 Å². The normalized spacial score (nSPS) is 10.1. The fraction of sp³-hybridized carbons (Fsp3) is 0.333. The van der Waals surface area contributed by atoms with E-state index in [-0.39, 0.29) is 13.2 Å². The highest BCUT2D eigenvalue weighted by molar-refractivity contribution is 5.52. The Balaban J connectivity index is 3.25. The molecule has 72 valence electrons. The first-order chi connectivity index (χ1) is 6.22. The number of methoxy groups -OCH3 is 1. The van der Waals surface area contributed by atoms with E-state index in [0.717, 1.165) is 0 Å². The fourth-order valence-electron chi connectivity index (χ4n) is 1.23. The lowest BCUT2D eigenvalue weighted by Crippen LogP contribution is -2.00. The summed E-state index contributed by atoms with van der Waals surface area (Å²) in [4.78, 5) is 0. The molecule has 4 N–H and O–H groups in total. The first-order valence-electron chi connectivity index (χ1n) is 3.90. The second-order valence-electron chi connectivity index (χ2n) is 2.68. The number of hydrogen-bond acceptors (Lipinski definition) is 4. The van der Waals surface area contributed by atoms with Crippen molar-refractivity contribution in [2.75, 3.05) is 12.8 Å². The van der Waals surface area contributed by atoms with E-state index in [1.165, 1.54) is 7.11 Å². The zero-order valence-electron chi connectivity index (χ0n) is 7.45. The Hall–Kier alpha value is -1.26. The number of benzene rings is 1. The van der Waals surface area contributed by atoms with Gasteiger partial charge in [-0.15, -0.1) is 0 Å². The van der Waals surface area contributed by atoms with Gasteiger partial charge in [-0.2, -0.15) is 0 Å². The van der Waals surface area contributed by atoms with Crippen LogP contribution in [0.4, 0.5) is 5.69 Å². The van der Waals surface area contributed by atoms with E-state index in [0.29, 0.717) is 22.6 Å². The molecule has 13 heavy (non-hydrogen) atoms. The van der Waals surface area contributed by atoms with E-state index in [1.54, 1.807) is 12.1 Å². The fourth-order valence-corrected chi connectivity index (χ4v) is 1.23. The predicted molar refractivity (Wildman–Crippen MR) is 49.3 cm³/mol. The molecule has 0 fully saturated rings. The van der Waals surface area contributed by atoms with Crippen LogP contribution >= 0.6 is 0 Å². The lowest BCUT2D eigenvalue weighted by Gasteiger charge is -2.11. The molecule has 0 bridgehead atoms. The topological polar surface area (TPSA) is 75.7 Å². The molecule has 1 rings (SSSR count). The SMILES string of the molecule is COc1cc(N)cc(CO)c1CO. The number of rotatable bonds is 3. The maximum absolute atomic E-state index is 9.02. The molecule has 4 nitrogen and oxygen atoms in total. The van der Waals surface area contributed by atoms with Gasteiger partial charge in [0.2, 0.25) is 0 Å². The smallest absolute Gasteiger partial charge is 0.126 e. The molecule has 1 aromatic rings. The third-order valence-electron chi connectivity index (χ3n) is 1.87. The minimum atomic E-state index is -0.167. The molecule has 0 radical (unpaired) electrons. The van der Waals surface area contributed by atoms with Gasteiger partial charge in [-0.25, -0.2) is 0 Å². The van der Waals surface area contributed by atoms with Crippen molar-refractivity contribution < 1.29 is 14.9 Å². The zero-order chi connectivity index (χ0) is 9.84. The van der Waals surface area contributed by atoms with Gasteiger partial charge in [0.25, 0.3) is 0 Å². The largest absolute Gasteiger partial charge is 0.496 e. The van der Waals surface area contributed by atoms with Crippen LogP contribution in [0.1, 0.15) is 11.1 Å². The van der Waals surface area contributed by atoms with Crippen LogP contribution < -0.4 is 10.5 Å². The number of aliphatic hydroxyl groups excluding tert-OH is 2. The van der Waals surface area contributed by atoms with Crippen molar-refractivity contribution in [3.8, 4) is 5.75 Å². The summed E-state index contributed by atoms with van der Waals surface area (Å²) < 4.78 is 5.01. The Morgan fingerprint density at radius 2 is 2.00 bits per heavy atom. The van der Waals surface area contributed by atoms with Gasteiger partial charge in [0, 0.05) is 17.3 Å². The van der Waals surface area contributed by atoms with Crippen LogP contribution in [0.2, 0.25) is 0 Å². The third-order valence-corrected chi connectivity index (χ3v) is 1.87. The highest BCUT2D eigenvalue weighted by Gasteiger charge is 2.08. The molecule has 0 aliphatic heterocycles. The van der Waals surface area contributed by atoms with E-state index < -0.39 is 0 Å². The molecule has 1 aromatic carbocycles. The van der Waals surface area contributed by atoms with Gasteiger partial charge >= 0.3 is 0 Å². The van der Waals surface area contributed by atoms with E-state index in [1.807, 2.05) is 0 Å². The number of anilines is 1. The summed E-state index contributed by atoms with van der Waals surface area (Å²) in [6.07, 6.45) is 0. The van der Waals surface area contributed by atoms with Gasteiger partial charge in [0.15, 0.2) is 0 Å². The lowest BCUT2D eigenvalue weighted by molar-refractivity contribution is 0.254. The quantitative estimate of drug-likeness (QED) is 0.587. The van der Waals surface area contributed by atoms with Crippen LogP contribution in [0.15, 0.2) is 12.1 Å². The summed E-state index contributed by atoms with van der Waals surface area (Å²) in [5.74, 6) is 0.506. The maximum Gasteiger partial charge on any atom is 0.126 e. The summed E-state index contributed by atoms with van der Waals surface area (Å²) in [6, 6.07) is 3.23. The second-order valence-corrected chi connectivity index (χ2v) is 2.68. The molecule has 0 spiro atoms. The predicted octanol–water partition coefficient (Wildman–Crippen LogP) is 0.262. The summed E-state index contributed by atoms with van der Waals surface area (Å²) >= 11 is 0. The Labute approximate surface area is 76.6 Å². The molecule has 0 saturated carbocycles. The molecule has 0 aromatic heterocycles. The van der Waals surface area contributed by atoms with E-state index in [9.17, 15) is 0 Å². The Kier molecular flexibility index (Phi) is 3.11. The molecule has 0 amide bonds. The monoisotopic (exact) mass is 183 g/mol. The Morgan fingerprint density at radius 3 is 2.46 bits per heavy atom. The van der Waals surface area contributed by atoms with Crippen molar-refractivity contribution in [2.45, 2.75) is 13.2 Å². The van der Waals surface area contributed by atoms with Crippen LogP contribution in [0.3, 0.4) is 0 Å². The number of ether oxygens (including phenoxy) is 1. The molecule has 0 saturated heterocycles. The highest BCUT2D eigenvalue weighted by atomic mass is 16.5. The molecule has 0 heterocycles. The molecule has 4 heteroatoms. The first kappa shape index (κ1) is 9.83. The van der Waals surface area contributed by atoms with Gasteiger partial charge < -0.3 is 20.7 Å². The summed E-state index contributed by atoms with van der Waals surface area (Å²) in [6.45, 7) is -0.323. The van der Waals surface area contributed by atoms with Gasteiger partial charge in [-0.1, -0.05) is 0 Å². The number of aliphatic hydroxyl groups is 2. The van der Waals surface area contributed by atoms with Crippen LogP contribution in [0.25, 0.3) is 0 Å². The molecular formula is C9H13NO3. The van der Waals surface area contributed by atoms with Gasteiger partial charge in [-0.3, -0.25) is 0 Å². The van der Waals surface area contributed by atoms with Crippen molar-refractivity contribution in [3.63, 3.8) is 0 Å². The maximum atomic E-state index is 9.02. The van der Waals surface area contributed by atoms with Crippen molar-refractivity contribution in [1.29, 1.82) is 0 Å². The molecule has 0 unspecified atom stereocenters. The van der Waals surface area contributed by atoms with E-state index in [2.05, 4.69) is 0 Å². The van der Waals surface area contributed by atoms with Gasteiger partial charge in [0.1, 0.15) is 5.75 Å². The molecule has 0 atom stereocenters. The van der Waals surface area contributed by atoms with Gasteiger partial charge in [0.05, 0.1) is 20.3 Å². The van der Waals surface area contributed by atoms with Crippen molar-refractivity contribution in [3.05, 3.63) is 23.3 Å². The minimum Gasteiger partial charge on any atom is -0.496 e. The number of hydrogen-bond donors (Lipinski definition) is 3. The van der Waals surface area contributed by atoms with Crippen molar-refractivity contribution >= 4 is 5.69 Å². The van der Waals surface area contributed by atoms with Gasteiger partial charge in [-0.05, 0) is 11.6 Å². The number of nitrogen functional groups attached to an aromatic ring is 1. The Bertz CT molecular complexity index is 274. The summed E-state index contributed by atoms with van der Waals surface area (Å²) in [5.41, 5.74) is 7.25. The third kappa shape index (κ3) is 1.91. The molecule has 0 aliphatic carbocycles. The van der Waals surface area contributed by atoms with Crippen LogP contribution in [-0.4, -0.2) is 17.3 Å². The average Bonchev–Trinajstić information content (AvgIpc) is 2.16. The van der Waals surface area contributed by atoms with E-state index in [4.69, 9.17) is 20.7 Å². The first-order valence-corrected chi connectivity index (χ1v) is 3.90. The lowest BCUT2D eigenvalue weighted by atomic mass is 10.1. The van der Waals surface area contributed by atoms with Crippen molar-refractivity contribution in [2.24, 2.45) is 0 Å².